The second kappa shape index (κ2) is 11.9. The summed E-state index contributed by atoms with van der Waals surface area (Å²) in [5.41, 5.74) is 5.20. The van der Waals surface area contributed by atoms with Gasteiger partial charge in [0.2, 0.25) is 0 Å². The number of anilines is 2. The highest BCUT2D eigenvalue weighted by molar-refractivity contribution is 5.92. The number of aryl methyl sites for hydroxylation is 2. The second-order valence-electron chi connectivity index (χ2n) is 9.08. The van der Waals surface area contributed by atoms with Crippen LogP contribution in [0.2, 0.25) is 0 Å². The number of hydrogen-bond donors (Lipinski definition) is 2. The fraction of sp³-hybridized carbons (Fsp3) is 0.276. The molecule has 4 aromatic rings. The molecule has 9 heteroatoms. The second-order valence-corrected chi connectivity index (χ2v) is 9.08. The van der Waals surface area contributed by atoms with E-state index in [-0.39, 0.29) is 5.69 Å². The lowest BCUT2D eigenvalue weighted by Gasteiger charge is -2.19. The van der Waals surface area contributed by atoms with Crippen molar-refractivity contribution < 1.29 is 18.7 Å². The fourth-order valence-electron chi connectivity index (χ4n) is 4.21. The van der Waals surface area contributed by atoms with Gasteiger partial charge in [0, 0.05) is 56.2 Å². The van der Waals surface area contributed by atoms with E-state index in [1.807, 2.05) is 57.3 Å². The van der Waals surface area contributed by atoms with Crippen molar-refractivity contribution in [2.75, 3.05) is 44.6 Å². The highest BCUT2D eigenvalue weighted by Crippen LogP contribution is 2.33. The number of benzene rings is 2. The standard InChI is InChI=1S/C29H32FN5O3/c1-18-12-25(30)27(34-29(36)31-10-11-37-4)14-23(18)24-13-21-16-32-28(15-26(21)33-19(24)2)35(3)17-20-6-8-22(38-5)9-7-20/h6-9,12-16H,10-11,17H2,1-5H3,(H2,31,34,36). The van der Waals surface area contributed by atoms with Gasteiger partial charge in [0.1, 0.15) is 17.4 Å². The lowest BCUT2D eigenvalue weighted by atomic mass is 9.97. The Hall–Kier alpha value is -4.24. The smallest absolute Gasteiger partial charge is 0.319 e. The lowest BCUT2D eigenvalue weighted by Crippen LogP contribution is -2.31. The molecule has 0 aliphatic rings. The van der Waals surface area contributed by atoms with Gasteiger partial charge in [-0.2, -0.15) is 0 Å². The van der Waals surface area contributed by atoms with E-state index in [9.17, 15) is 9.18 Å². The maximum Gasteiger partial charge on any atom is 0.319 e. The first kappa shape index (κ1) is 26.8. The summed E-state index contributed by atoms with van der Waals surface area (Å²) >= 11 is 0. The molecule has 0 saturated heterocycles. The van der Waals surface area contributed by atoms with Gasteiger partial charge in [-0.3, -0.25) is 4.98 Å². The summed E-state index contributed by atoms with van der Waals surface area (Å²) in [4.78, 5) is 23.7. The van der Waals surface area contributed by atoms with Crippen LogP contribution in [0.4, 0.5) is 20.7 Å². The van der Waals surface area contributed by atoms with E-state index in [0.29, 0.717) is 19.7 Å². The van der Waals surface area contributed by atoms with Crippen molar-refractivity contribution in [2.45, 2.75) is 20.4 Å². The number of methoxy groups -OCH3 is 2. The highest BCUT2D eigenvalue weighted by Gasteiger charge is 2.15. The largest absolute Gasteiger partial charge is 0.497 e. The van der Waals surface area contributed by atoms with Crippen LogP contribution in [0.1, 0.15) is 16.8 Å². The van der Waals surface area contributed by atoms with E-state index in [2.05, 4.69) is 20.5 Å². The van der Waals surface area contributed by atoms with Gasteiger partial charge in [-0.1, -0.05) is 12.1 Å². The molecular formula is C29H32FN5O3. The normalized spacial score (nSPS) is 10.9. The topological polar surface area (TPSA) is 88.6 Å². The molecule has 0 fully saturated rings. The maximum atomic E-state index is 14.7. The van der Waals surface area contributed by atoms with Crippen LogP contribution in [0.15, 0.2) is 54.7 Å². The number of aromatic nitrogens is 2. The summed E-state index contributed by atoms with van der Waals surface area (Å²) in [6.45, 7) is 5.12. The minimum absolute atomic E-state index is 0.0913. The number of carbonyl (C=O) groups excluding carboxylic acids is 1. The first-order chi connectivity index (χ1) is 18.3. The van der Waals surface area contributed by atoms with Gasteiger partial charge in [-0.15, -0.1) is 0 Å². The molecule has 38 heavy (non-hydrogen) atoms. The molecule has 0 aliphatic carbocycles. The number of halogens is 1. The van der Waals surface area contributed by atoms with Gasteiger partial charge in [-0.25, -0.2) is 14.2 Å². The zero-order valence-electron chi connectivity index (χ0n) is 22.3. The Balaban J connectivity index is 1.59. The molecular weight excluding hydrogens is 485 g/mol. The average molecular weight is 518 g/mol. The molecule has 2 aromatic heterocycles. The molecule has 0 atom stereocenters. The van der Waals surface area contributed by atoms with E-state index in [1.165, 1.54) is 6.07 Å². The Bertz CT molecular complexity index is 1440. The van der Waals surface area contributed by atoms with Gasteiger partial charge in [-0.05, 0) is 60.9 Å². The Morgan fingerprint density at radius 2 is 1.82 bits per heavy atom. The zero-order chi connectivity index (χ0) is 27.2. The molecule has 2 amide bonds. The molecule has 0 aliphatic heterocycles. The van der Waals surface area contributed by atoms with Gasteiger partial charge in [0.05, 0.1) is 24.9 Å². The summed E-state index contributed by atoms with van der Waals surface area (Å²) in [5, 5.41) is 6.08. The third kappa shape index (κ3) is 6.18. The number of ether oxygens (including phenoxy) is 2. The number of pyridine rings is 2. The first-order valence-electron chi connectivity index (χ1n) is 12.2. The number of rotatable bonds is 9. The maximum absolute atomic E-state index is 14.7. The number of urea groups is 1. The van der Waals surface area contributed by atoms with Crippen LogP contribution in [0, 0.1) is 19.7 Å². The van der Waals surface area contributed by atoms with Crippen molar-refractivity contribution in [2.24, 2.45) is 0 Å². The molecule has 0 saturated carbocycles. The Morgan fingerprint density at radius 1 is 1.05 bits per heavy atom. The number of amides is 2. The van der Waals surface area contributed by atoms with Crippen LogP contribution in [0.25, 0.3) is 22.0 Å². The minimum atomic E-state index is -0.509. The van der Waals surface area contributed by atoms with Crippen molar-refractivity contribution in [3.05, 3.63) is 77.4 Å². The van der Waals surface area contributed by atoms with Crippen molar-refractivity contribution >= 4 is 28.4 Å². The molecule has 0 spiro atoms. The van der Waals surface area contributed by atoms with Crippen molar-refractivity contribution in [3.8, 4) is 16.9 Å². The van der Waals surface area contributed by atoms with Crippen LogP contribution in [0.3, 0.4) is 0 Å². The zero-order valence-corrected chi connectivity index (χ0v) is 22.3. The predicted octanol–water partition coefficient (Wildman–Crippen LogP) is 5.47. The van der Waals surface area contributed by atoms with Gasteiger partial charge < -0.3 is 25.0 Å². The molecule has 2 aromatic carbocycles. The highest BCUT2D eigenvalue weighted by atomic mass is 19.1. The molecule has 198 valence electrons. The van der Waals surface area contributed by atoms with Crippen LogP contribution < -0.4 is 20.3 Å². The average Bonchev–Trinajstić information content (AvgIpc) is 2.90. The molecule has 0 bridgehead atoms. The van der Waals surface area contributed by atoms with Gasteiger partial charge >= 0.3 is 6.03 Å². The Kier molecular flexibility index (Phi) is 8.38. The van der Waals surface area contributed by atoms with Crippen LogP contribution in [-0.2, 0) is 11.3 Å². The SMILES string of the molecule is COCCNC(=O)Nc1cc(-c2cc3cnc(N(C)Cc4ccc(OC)cc4)cc3nc2C)c(C)cc1F. The van der Waals surface area contributed by atoms with Crippen molar-refractivity contribution in [3.63, 3.8) is 0 Å². The summed E-state index contributed by atoms with van der Waals surface area (Å²) in [6, 6.07) is 14.5. The Labute approximate surface area is 221 Å². The van der Waals surface area contributed by atoms with Crippen LogP contribution >= 0.6 is 0 Å². The fourth-order valence-corrected chi connectivity index (χ4v) is 4.21. The summed E-state index contributed by atoms with van der Waals surface area (Å²) in [5.74, 6) is 1.11. The van der Waals surface area contributed by atoms with E-state index in [4.69, 9.17) is 14.5 Å². The molecule has 2 N–H and O–H groups in total. The van der Waals surface area contributed by atoms with Crippen molar-refractivity contribution in [1.29, 1.82) is 0 Å². The predicted molar refractivity (Wildman–Crippen MR) is 148 cm³/mol. The van der Waals surface area contributed by atoms with E-state index in [1.54, 1.807) is 26.5 Å². The first-order valence-corrected chi connectivity index (χ1v) is 12.2. The quantitative estimate of drug-likeness (QED) is 0.287. The number of hydrogen-bond acceptors (Lipinski definition) is 6. The van der Waals surface area contributed by atoms with E-state index < -0.39 is 11.8 Å². The summed E-state index contributed by atoms with van der Waals surface area (Å²) < 4.78 is 24.8. The third-order valence-electron chi connectivity index (χ3n) is 6.29. The third-order valence-corrected chi connectivity index (χ3v) is 6.29. The Morgan fingerprint density at radius 3 is 2.53 bits per heavy atom. The molecule has 8 nitrogen and oxygen atoms in total. The number of nitrogens with one attached hydrogen (secondary N) is 2. The van der Waals surface area contributed by atoms with Gasteiger partial charge in [0.25, 0.3) is 0 Å². The van der Waals surface area contributed by atoms with Crippen LogP contribution in [0.5, 0.6) is 5.75 Å². The summed E-state index contributed by atoms with van der Waals surface area (Å²) in [6.07, 6.45) is 1.80. The lowest BCUT2D eigenvalue weighted by molar-refractivity contribution is 0.198. The molecule has 0 unspecified atom stereocenters. The molecule has 2 heterocycles. The van der Waals surface area contributed by atoms with E-state index in [0.717, 1.165) is 50.4 Å². The number of nitrogens with zero attached hydrogens (tertiary/aromatic N) is 3. The molecule has 0 radical (unpaired) electrons. The summed E-state index contributed by atoms with van der Waals surface area (Å²) in [7, 11) is 5.18. The van der Waals surface area contributed by atoms with Crippen molar-refractivity contribution in [1.82, 2.24) is 15.3 Å². The monoisotopic (exact) mass is 517 g/mol. The minimum Gasteiger partial charge on any atom is -0.497 e. The number of carbonyl (C=O) groups is 1. The van der Waals surface area contributed by atoms with Crippen LogP contribution in [-0.4, -0.2) is 50.4 Å². The molecule has 4 rings (SSSR count). The van der Waals surface area contributed by atoms with E-state index >= 15 is 0 Å². The number of fused-ring (bicyclic) bond motifs is 1. The van der Waals surface area contributed by atoms with Gasteiger partial charge in [0.15, 0.2) is 0 Å².